The molecule has 5 rings (SSSR count). The van der Waals surface area contributed by atoms with Gasteiger partial charge in [0.05, 0.1) is 6.10 Å². The SMILES string of the molecule is CC1(C)C=CC2(C)CCC3(C)C(=CCC4C5(C)CCC(O)C(C)(C)C5CCC43C)C2C1. The smallest absolute Gasteiger partial charge is 0.0594 e. The highest BCUT2D eigenvalue weighted by atomic mass is 16.3. The van der Waals surface area contributed by atoms with Gasteiger partial charge in [0.1, 0.15) is 0 Å². The molecule has 1 heteroatoms. The van der Waals surface area contributed by atoms with Crippen molar-refractivity contribution in [2.45, 2.75) is 113 Å². The molecule has 0 bridgehead atoms. The second-order valence-corrected chi connectivity index (χ2v) is 14.8. The number of fused-ring (bicyclic) bond motifs is 7. The molecular weight excluding hydrogens is 376 g/mol. The van der Waals surface area contributed by atoms with Gasteiger partial charge in [-0.2, -0.15) is 0 Å². The Hall–Kier alpha value is -0.560. The van der Waals surface area contributed by atoms with Crippen molar-refractivity contribution < 1.29 is 5.11 Å². The van der Waals surface area contributed by atoms with Crippen LogP contribution >= 0.6 is 0 Å². The fraction of sp³-hybridized carbons (Fsp3) is 0.867. The predicted molar refractivity (Wildman–Crippen MR) is 131 cm³/mol. The summed E-state index contributed by atoms with van der Waals surface area (Å²) in [4.78, 5) is 0. The molecule has 0 saturated heterocycles. The molecule has 8 unspecified atom stereocenters. The first-order valence-electron chi connectivity index (χ1n) is 13.3. The zero-order valence-corrected chi connectivity index (χ0v) is 21.6. The zero-order chi connectivity index (χ0) is 22.7. The van der Waals surface area contributed by atoms with E-state index in [1.165, 1.54) is 44.9 Å². The minimum Gasteiger partial charge on any atom is -0.393 e. The second kappa shape index (κ2) is 6.31. The first-order valence-corrected chi connectivity index (χ1v) is 13.3. The molecule has 5 aliphatic carbocycles. The summed E-state index contributed by atoms with van der Waals surface area (Å²) in [6.07, 6.45) is 17.8. The number of hydrogen-bond acceptors (Lipinski definition) is 1. The van der Waals surface area contributed by atoms with Crippen LogP contribution in [0.4, 0.5) is 0 Å². The van der Waals surface area contributed by atoms with E-state index in [2.05, 4.69) is 73.6 Å². The molecule has 0 amide bonds. The molecule has 5 aliphatic rings. The van der Waals surface area contributed by atoms with Gasteiger partial charge in [0.25, 0.3) is 0 Å². The van der Waals surface area contributed by atoms with Gasteiger partial charge in [0, 0.05) is 0 Å². The molecular formula is C30H48O. The summed E-state index contributed by atoms with van der Waals surface area (Å²) >= 11 is 0. The van der Waals surface area contributed by atoms with E-state index < -0.39 is 0 Å². The van der Waals surface area contributed by atoms with Crippen molar-refractivity contribution in [1.29, 1.82) is 0 Å². The third-order valence-corrected chi connectivity index (χ3v) is 12.5. The van der Waals surface area contributed by atoms with Crippen molar-refractivity contribution in [3.63, 3.8) is 0 Å². The zero-order valence-electron chi connectivity index (χ0n) is 21.6. The summed E-state index contributed by atoms with van der Waals surface area (Å²) < 4.78 is 0. The number of rotatable bonds is 0. The molecule has 0 aromatic rings. The topological polar surface area (TPSA) is 20.2 Å². The van der Waals surface area contributed by atoms with Gasteiger partial charge in [0.2, 0.25) is 0 Å². The van der Waals surface area contributed by atoms with Crippen LogP contribution in [0.2, 0.25) is 0 Å². The monoisotopic (exact) mass is 424 g/mol. The average molecular weight is 425 g/mol. The first-order chi connectivity index (χ1) is 14.2. The molecule has 0 aliphatic heterocycles. The second-order valence-electron chi connectivity index (χ2n) is 14.8. The summed E-state index contributed by atoms with van der Waals surface area (Å²) in [6, 6.07) is 0. The quantitative estimate of drug-likeness (QED) is 0.391. The van der Waals surface area contributed by atoms with Crippen LogP contribution in [0.3, 0.4) is 0 Å². The Kier molecular flexibility index (Phi) is 4.53. The summed E-state index contributed by atoms with van der Waals surface area (Å²) in [5, 5.41) is 10.9. The summed E-state index contributed by atoms with van der Waals surface area (Å²) in [6.45, 7) is 20.1. The molecule has 3 saturated carbocycles. The lowest BCUT2D eigenvalue weighted by molar-refractivity contribution is -0.200. The molecule has 0 aromatic carbocycles. The van der Waals surface area contributed by atoms with E-state index in [1.807, 2.05) is 5.57 Å². The fourth-order valence-corrected chi connectivity index (χ4v) is 10.1. The fourth-order valence-electron chi connectivity index (χ4n) is 10.1. The lowest BCUT2D eigenvalue weighted by Crippen LogP contribution is -2.64. The Bertz CT molecular complexity index is 831. The molecule has 0 spiro atoms. The van der Waals surface area contributed by atoms with Crippen molar-refractivity contribution in [3.05, 3.63) is 23.8 Å². The van der Waals surface area contributed by atoms with Crippen LogP contribution in [-0.2, 0) is 0 Å². The highest BCUT2D eigenvalue weighted by molar-refractivity contribution is 5.35. The molecule has 8 atom stereocenters. The van der Waals surface area contributed by atoms with E-state index >= 15 is 0 Å². The van der Waals surface area contributed by atoms with Crippen molar-refractivity contribution in [1.82, 2.24) is 0 Å². The molecule has 31 heavy (non-hydrogen) atoms. The summed E-state index contributed by atoms with van der Waals surface area (Å²) in [7, 11) is 0. The Morgan fingerprint density at radius 2 is 1.52 bits per heavy atom. The minimum atomic E-state index is -0.133. The van der Waals surface area contributed by atoms with Gasteiger partial charge in [0.15, 0.2) is 0 Å². The molecule has 1 nitrogen and oxygen atoms in total. The summed E-state index contributed by atoms with van der Waals surface area (Å²) in [5.41, 5.74) is 3.60. The van der Waals surface area contributed by atoms with Crippen LogP contribution in [0, 0.1) is 50.2 Å². The minimum absolute atomic E-state index is 0.0442. The Morgan fingerprint density at radius 3 is 2.23 bits per heavy atom. The highest BCUT2D eigenvalue weighted by Gasteiger charge is 2.67. The number of aliphatic hydroxyl groups excluding tert-OH is 1. The van der Waals surface area contributed by atoms with E-state index in [1.54, 1.807) is 0 Å². The van der Waals surface area contributed by atoms with Crippen LogP contribution < -0.4 is 0 Å². The predicted octanol–water partition coefficient (Wildman–Crippen LogP) is 7.94. The van der Waals surface area contributed by atoms with Gasteiger partial charge in [-0.15, -0.1) is 0 Å². The van der Waals surface area contributed by atoms with E-state index in [0.717, 1.165) is 12.3 Å². The normalized spacial score (nSPS) is 54.7. The maximum atomic E-state index is 10.9. The maximum absolute atomic E-state index is 10.9. The molecule has 3 fully saturated rings. The van der Waals surface area contributed by atoms with Gasteiger partial charge < -0.3 is 5.11 Å². The largest absolute Gasteiger partial charge is 0.393 e. The average Bonchev–Trinajstić information content (AvgIpc) is 2.67. The number of aliphatic hydroxyl groups is 1. The lowest BCUT2D eigenvalue weighted by atomic mass is 9.34. The van der Waals surface area contributed by atoms with Crippen molar-refractivity contribution in [2.75, 3.05) is 0 Å². The third kappa shape index (κ3) is 2.71. The van der Waals surface area contributed by atoms with E-state index in [9.17, 15) is 5.11 Å². The van der Waals surface area contributed by atoms with E-state index in [-0.39, 0.29) is 11.5 Å². The molecule has 0 heterocycles. The van der Waals surface area contributed by atoms with Crippen molar-refractivity contribution in [3.8, 4) is 0 Å². The van der Waals surface area contributed by atoms with Gasteiger partial charge in [-0.05, 0) is 102 Å². The van der Waals surface area contributed by atoms with Gasteiger partial charge in [-0.1, -0.05) is 79.2 Å². The van der Waals surface area contributed by atoms with Crippen LogP contribution in [0.5, 0.6) is 0 Å². The number of allylic oxidation sites excluding steroid dienone is 4. The Labute approximate surface area is 192 Å². The van der Waals surface area contributed by atoms with Gasteiger partial charge in [-0.3, -0.25) is 0 Å². The van der Waals surface area contributed by atoms with Crippen molar-refractivity contribution in [2.24, 2.45) is 50.2 Å². The third-order valence-electron chi connectivity index (χ3n) is 12.5. The Morgan fingerprint density at radius 1 is 0.806 bits per heavy atom. The number of hydrogen-bond donors (Lipinski definition) is 1. The summed E-state index contributed by atoms with van der Waals surface area (Å²) in [5.74, 6) is 2.10. The highest BCUT2D eigenvalue weighted by Crippen LogP contribution is 2.75. The van der Waals surface area contributed by atoms with Crippen LogP contribution in [-0.4, -0.2) is 11.2 Å². The molecule has 174 valence electrons. The lowest BCUT2D eigenvalue weighted by Gasteiger charge is -2.71. The van der Waals surface area contributed by atoms with Gasteiger partial charge >= 0.3 is 0 Å². The van der Waals surface area contributed by atoms with Gasteiger partial charge in [-0.25, -0.2) is 0 Å². The maximum Gasteiger partial charge on any atom is 0.0594 e. The molecule has 1 N–H and O–H groups in total. The van der Waals surface area contributed by atoms with E-state index in [0.29, 0.717) is 38.9 Å². The van der Waals surface area contributed by atoms with E-state index in [4.69, 9.17) is 0 Å². The standard InChI is InChI=1S/C30H48O/c1-25(2)15-16-27(5)17-18-29(7)20(21(27)19-25)9-10-23-28(6)13-12-24(31)26(3,4)22(28)11-14-30(23,29)8/h9,15-16,21-24,31H,10-14,17-19H2,1-8H3. The van der Waals surface area contributed by atoms with Crippen molar-refractivity contribution >= 4 is 0 Å². The van der Waals surface area contributed by atoms with Crippen LogP contribution in [0.1, 0.15) is 107 Å². The first kappa shape index (κ1) is 22.2. The molecule has 0 aromatic heterocycles. The molecule has 0 radical (unpaired) electrons. The Balaban J connectivity index is 1.59. The van der Waals surface area contributed by atoms with Crippen LogP contribution in [0.25, 0.3) is 0 Å². The van der Waals surface area contributed by atoms with Crippen LogP contribution in [0.15, 0.2) is 23.8 Å².